The molecule has 1 atom stereocenters. The van der Waals surface area contributed by atoms with Crippen molar-refractivity contribution >= 4 is 5.91 Å². The lowest BCUT2D eigenvalue weighted by Crippen LogP contribution is -2.40. The van der Waals surface area contributed by atoms with Gasteiger partial charge in [-0.1, -0.05) is 58.3 Å². The van der Waals surface area contributed by atoms with Crippen LogP contribution in [0.3, 0.4) is 0 Å². The molecule has 4 heteroatoms. The molecule has 0 fully saturated rings. The molecule has 0 aromatic heterocycles. The first kappa shape index (κ1) is 19.9. The molecule has 122 valence electrons. The zero-order chi connectivity index (χ0) is 15.8. The summed E-state index contributed by atoms with van der Waals surface area (Å²) < 4.78 is 0. The molecule has 3 N–H and O–H groups in total. The molecular weight excluding hydrogens is 262 g/mol. The summed E-state index contributed by atoms with van der Waals surface area (Å²) in [5.74, 6) is -0.0133. The third-order valence-corrected chi connectivity index (χ3v) is 3.72. The number of hydrogen-bond donors (Lipinski definition) is 2. The monoisotopic (exact) mass is 295 g/mol. The molecule has 1 amide bonds. The van der Waals surface area contributed by atoms with Gasteiger partial charge in [0.1, 0.15) is 0 Å². The van der Waals surface area contributed by atoms with Crippen LogP contribution in [0.5, 0.6) is 0 Å². The summed E-state index contributed by atoms with van der Waals surface area (Å²) in [4.78, 5) is 11.8. The van der Waals surface area contributed by atoms with Gasteiger partial charge >= 0.3 is 0 Å². The molecular formula is C17H33N3O. The van der Waals surface area contributed by atoms with E-state index in [0.717, 1.165) is 38.5 Å². The molecule has 0 bridgehead atoms. The van der Waals surface area contributed by atoms with E-state index >= 15 is 0 Å². The van der Waals surface area contributed by atoms with Gasteiger partial charge in [-0.05, 0) is 19.3 Å². The Kier molecular flexibility index (Phi) is 14.5. The predicted octanol–water partition coefficient (Wildman–Crippen LogP) is 3.65. The lowest BCUT2D eigenvalue weighted by atomic mass is 10.1. The molecule has 0 aromatic carbocycles. The van der Waals surface area contributed by atoms with Crippen LogP contribution >= 0.6 is 0 Å². The number of nitrogens with zero attached hydrogens (tertiary/aromatic N) is 1. The maximum Gasteiger partial charge on any atom is 0.236 e. The van der Waals surface area contributed by atoms with Crippen LogP contribution in [-0.4, -0.2) is 18.5 Å². The minimum atomic E-state index is -0.352. The lowest BCUT2D eigenvalue weighted by molar-refractivity contribution is -0.122. The van der Waals surface area contributed by atoms with Gasteiger partial charge in [0.05, 0.1) is 12.1 Å². The van der Waals surface area contributed by atoms with Gasteiger partial charge in [0, 0.05) is 13.0 Å². The Balaban J connectivity index is 3.39. The molecule has 0 aliphatic rings. The maximum atomic E-state index is 11.8. The van der Waals surface area contributed by atoms with Crippen molar-refractivity contribution in [3.63, 3.8) is 0 Å². The first-order valence-electron chi connectivity index (χ1n) is 8.62. The molecule has 0 radical (unpaired) electrons. The van der Waals surface area contributed by atoms with Gasteiger partial charge in [-0.25, -0.2) is 0 Å². The van der Waals surface area contributed by atoms with E-state index in [1.165, 1.54) is 32.1 Å². The first-order chi connectivity index (χ1) is 10.2. The number of nitriles is 1. The highest BCUT2D eigenvalue weighted by molar-refractivity contribution is 5.81. The van der Waals surface area contributed by atoms with E-state index in [-0.39, 0.29) is 11.9 Å². The molecule has 0 aliphatic carbocycles. The fraction of sp³-hybridized carbons (Fsp3) is 0.882. The second kappa shape index (κ2) is 15.3. The molecule has 0 saturated carbocycles. The van der Waals surface area contributed by atoms with Crippen molar-refractivity contribution in [1.29, 1.82) is 5.26 Å². The van der Waals surface area contributed by atoms with Crippen LogP contribution in [0.2, 0.25) is 0 Å². The van der Waals surface area contributed by atoms with E-state index in [4.69, 9.17) is 11.0 Å². The zero-order valence-corrected chi connectivity index (χ0v) is 13.7. The number of carbonyl (C=O) groups is 1. The fourth-order valence-corrected chi connectivity index (χ4v) is 2.30. The third kappa shape index (κ3) is 13.7. The number of nitrogens with one attached hydrogen (secondary N) is 1. The predicted molar refractivity (Wildman–Crippen MR) is 87.7 cm³/mol. The van der Waals surface area contributed by atoms with Gasteiger partial charge in [-0.15, -0.1) is 0 Å². The average Bonchev–Trinajstić information content (AvgIpc) is 2.49. The van der Waals surface area contributed by atoms with Crippen LogP contribution in [0.25, 0.3) is 0 Å². The highest BCUT2D eigenvalue weighted by atomic mass is 16.2. The fourth-order valence-electron chi connectivity index (χ4n) is 2.30. The zero-order valence-electron chi connectivity index (χ0n) is 13.7. The van der Waals surface area contributed by atoms with E-state index in [1.807, 2.05) is 0 Å². The molecule has 0 aliphatic heterocycles. The van der Waals surface area contributed by atoms with Crippen molar-refractivity contribution in [1.82, 2.24) is 5.32 Å². The largest absolute Gasteiger partial charge is 0.355 e. The van der Waals surface area contributed by atoms with E-state index in [2.05, 4.69) is 18.3 Å². The second-order valence-corrected chi connectivity index (χ2v) is 5.78. The Hall–Kier alpha value is -1.08. The van der Waals surface area contributed by atoms with Crippen molar-refractivity contribution in [3.05, 3.63) is 0 Å². The van der Waals surface area contributed by atoms with E-state index < -0.39 is 0 Å². The Morgan fingerprint density at radius 2 is 1.67 bits per heavy atom. The second-order valence-electron chi connectivity index (χ2n) is 5.78. The number of unbranched alkanes of at least 4 members (excludes halogenated alkanes) is 9. The molecule has 0 spiro atoms. The van der Waals surface area contributed by atoms with E-state index in [1.54, 1.807) is 0 Å². The van der Waals surface area contributed by atoms with Crippen molar-refractivity contribution in [2.24, 2.45) is 5.73 Å². The van der Waals surface area contributed by atoms with Crippen LogP contribution in [0.15, 0.2) is 0 Å². The van der Waals surface area contributed by atoms with Gasteiger partial charge in [0.15, 0.2) is 0 Å². The van der Waals surface area contributed by atoms with Gasteiger partial charge in [-0.2, -0.15) is 5.26 Å². The first-order valence-corrected chi connectivity index (χ1v) is 8.62. The van der Waals surface area contributed by atoms with Gasteiger partial charge < -0.3 is 11.1 Å². The summed E-state index contributed by atoms with van der Waals surface area (Å²) in [5, 5.41) is 11.3. The minimum absolute atomic E-state index is 0.0133. The number of rotatable bonds is 14. The summed E-state index contributed by atoms with van der Waals surface area (Å²) in [7, 11) is 0. The summed E-state index contributed by atoms with van der Waals surface area (Å²) in [6.07, 6.45) is 12.8. The van der Waals surface area contributed by atoms with Crippen molar-refractivity contribution < 1.29 is 4.79 Å². The SMILES string of the molecule is CCCCCCCCC(N)C(=O)NCCCCCCC#N. The number of amides is 1. The van der Waals surface area contributed by atoms with Crippen LogP contribution in [-0.2, 0) is 4.79 Å². The summed E-state index contributed by atoms with van der Waals surface area (Å²) in [5.41, 5.74) is 5.89. The lowest BCUT2D eigenvalue weighted by Gasteiger charge is -2.12. The van der Waals surface area contributed by atoms with E-state index in [0.29, 0.717) is 13.0 Å². The molecule has 1 unspecified atom stereocenters. The maximum absolute atomic E-state index is 11.8. The summed E-state index contributed by atoms with van der Waals surface area (Å²) in [6.45, 7) is 2.92. The van der Waals surface area contributed by atoms with Gasteiger partial charge in [0.2, 0.25) is 5.91 Å². The van der Waals surface area contributed by atoms with Crippen molar-refractivity contribution in [2.75, 3.05) is 6.54 Å². The van der Waals surface area contributed by atoms with Crippen molar-refractivity contribution in [3.8, 4) is 6.07 Å². The van der Waals surface area contributed by atoms with Crippen LogP contribution in [0, 0.1) is 11.3 Å². The molecule has 4 nitrogen and oxygen atoms in total. The normalized spacial score (nSPS) is 11.9. The smallest absolute Gasteiger partial charge is 0.236 e. The number of carbonyl (C=O) groups excluding carboxylic acids is 1. The minimum Gasteiger partial charge on any atom is -0.355 e. The Labute approximate surface area is 130 Å². The van der Waals surface area contributed by atoms with Crippen molar-refractivity contribution in [2.45, 2.75) is 90.0 Å². The number of hydrogen-bond acceptors (Lipinski definition) is 3. The highest BCUT2D eigenvalue weighted by Crippen LogP contribution is 2.08. The molecule has 0 aromatic rings. The third-order valence-electron chi connectivity index (χ3n) is 3.72. The summed E-state index contributed by atoms with van der Waals surface area (Å²) >= 11 is 0. The topological polar surface area (TPSA) is 78.9 Å². The average molecular weight is 295 g/mol. The highest BCUT2D eigenvalue weighted by Gasteiger charge is 2.11. The molecule has 0 saturated heterocycles. The van der Waals surface area contributed by atoms with Crippen LogP contribution in [0.1, 0.15) is 84.0 Å². The molecule has 21 heavy (non-hydrogen) atoms. The Morgan fingerprint density at radius 1 is 1.05 bits per heavy atom. The van der Waals surface area contributed by atoms with Gasteiger partial charge in [-0.3, -0.25) is 4.79 Å². The quantitative estimate of drug-likeness (QED) is 0.480. The standard InChI is InChI=1S/C17H33N3O/c1-2-3-4-5-7-10-13-16(19)17(21)20-15-12-9-6-8-11-14-18/h16H,2-13,15,19H2,1H3,(H,20,21). The molecule has 0 heterocycles. The van der Waals surface area contributed by atoms with Crippen LogP contribution < -0.4 is 11.1 Å². The Morgan fingerprint density at radius 3 is 2.38 bits per heavy atom. The Bertz CT molecular complexity index is 286. The van der Waals surface area contributed by atoms with E-state index in [9.17, 15) is 4.79 Å². The summed E-state index contributed by atoms with van der Waals surface area (Å²) in [6, 6.07) is 1.79. The number of nitrogens with two attached hydrogens (primary N) is 1. The van der Waals surface area contributed by atoms with Gasteiger partial charge in [0.25, 0.3) is 0 Å². The molecule has 0 rings (SSSR count). The van der Waals surface area contributed by atoms with Crippen LogP contribution in [0.4, 0.5) is 0 Å².